The van der Waals surface area contributed by atoms with Crippen LogP contribution in [0, 0.1) is 11.3 Å². The summed E-state index contributed by atoms with van der Waals surface area (Å²) in [7, 11) is 0. The number of benzene rings is 1. The quantitative estimate of drug-likeness (QED) is 0.805. The average Bonchev–Trinajstić information content (AvgIpc) is 2.92. The number of ether oxygens (including phenoxy) is 1. The molecule has 1 aliphatic carbocycles. The molecule has 1 aromatic carbocycles. The highest BCUT2D eigenvalue weighted by Crippen LogP contribution is 2.31. The van der Waals surface area contributed by atoms with Crippen molar-refractivity contribution < 1.29 is 4.74 Å². The summed E-state index contributed by atoms with van der Waals surface area (Å²) in [5.41, 5.74) is 1.41. The third-order valence-electron chi connectivity index (χ3n) is 3.43. The molecule has 1 aromatic heterocycles. The number of hydrogen-bond donors (Lipinski definition) is 0. The summed E-state index contributed by atoms with van der Waals surface area (Å²) in [6.07, 6.45) is 6.46. The van der Waals surface area contributed by atoms with E-state index in [-0.39, 0.29) is 6.10 Å². The van der Waals surface area contributed by atoms with Gasteiger partial charge in [0.25, 0.3) is 0 Å². The normalized spacial score (nSPS) is 15.7. The molecule has 1 fully saturated rings. The third kappa shape index (κ3) is 1.91. The summed E-state index contributed by atoms with van der Waals surface area (Å²) < 4.78 is 6.05. The molecule has 3 heteroatoms. The second-order valence-electron chi connectivity index (χ2n) is 4.65. The van der Waals surface area contributed by atoms with E-state index >= 15 is 0 Å². The van der Waals surface area contributed by atoms with E-state index in [1.807, 2.05) is 24.3 Å². The summed E-state index contributed by atoms with van der Waals surface area (Å²) in [5, 5.41) is 10.1. The zero-order valence-electron chi connectivity index (χ0n) is 10.1. The molecule has 1 saturated carbocycles. The Bertz CT molecular complexity index is 609. The minimum atomic E-state index is 0.253. The van der Waals surface area contributed by atoms with Gasteiger partial charge in [-0.15, -0.1) is 0 Å². The lowest BCUT2D eigenvalue weighted by molar-refractivity contribution is 0.212. The zero-order chi connectivity index (χ0) is 12.4. The first kappa shape index (κ1) is 11.0. The molecule has 3 nitrogen and oxygen atoms in total. The standard InChI is InChI=1S/C15H14N2O/c16-9-11-10-17-14-8-4-3-7-13(14)15(11)18-12-5-1-2-6-12/h3-4,7-8,10,12H,1-2,5-6H2. The van der Waals surface area contributed by atoms with Crippen LogP contribution in [0.1, 0.15) is 31.2 Å². The summed E-state index contributed by atoms with van der Waals surface area (Å²) in [5.74, 6) is 0.704. The molecular formula is C15H14N2O. The lowest BCUT2D eigenvalue weighted by Crippen LogP contribution is -2.12. The van der Waals surface area contributed by atoms with Crippen molar-refractivity contribution >= 4 is 10.9 Å². The van der Waals surface area contributed by atoms with Gasteiger partial charge in [-0.3, -0.25) is 4.98 Å². The van der Waals surface area contributed by atoms with E-state index in [4.69, 9.17) is 4.74 Å². The summed E-state index contributed by atoms with van der Waals surface area (Å²) in [4.78, 5) is 4.28. The largest absolute Gasteiger partial charge is 0.488 e. The molecule has 0 bridgehead atoms. The highest BCUT2D eigenvalue weighted by Gasteiger charge is 2.19. The topological polar surface area (TPSA) is 45.9 Å². The number of hydrogen-bond acceptors (Lipinski definition) is 3. The van der Waals surface area contributed by atoms with E-state index in [2.05, 4.69) is 11.1 Å². The molecule has 18 heavy (non-hydrogen) atoms. The highest BCUT2D eigenvalue weighted by atomic mass is 16.5. The Labute approximate surface area is 106 Å². The number of para-hydroxylation sites is 1. The maximum atomic E-state index is 9.18. The number of pyridine rings is 1. The van der Waals surface area contributed by atoms with Crippen molar-refractivity contribution in [3.8, 4) is 11.8 Å². The minimum Gasteiger partial charge on any atom is -0.488 e. The molecule has 0 radical (unpaired) electrons. The van der Waals surface area contributed by atoms with Gasteiger partial charge in [0.05, 0.1) is 11.6 Å². The van der Waals surface area contributed by atoms with Crippen LogP contribution in [-0.4, -0.2) is 11.1 Å². The molecule has 3 rings (SSSR count). The van der Waals surface area contributed by atoms with Crippen LogP contribution in [0.15, 0.2) is 30.5 Å². The lowest BCUT2D eigenvalue weighted by Gasteiger charge is -2.15. The Morgan fingerprint density at radius 3 is 2.78 bits per heavy atom. The van der Waals surface area contributed by atoms with Gasteiger partial charge < -0.3 is 4.74 Å². The minimum absolute atomic E-state index is 0.253. The molecule has 0 saturated heterocycles. The van der Waals surface area contributed by atoms with E-state index in [1.165, 1.54) is 12.8 Å². The second kappa shape index (κ2) is 4.66. The molecule has 90 valence electrons. The summed E-state index contributed by atoms with van der Waals surface area (Å²) >= 11 is 0. The fourth-order valence-corrected chi connectivity index (χ4v) is 2.50. The lowest BCUT2D eigenvalue weighted by atomic mass is 10.1. The monoisotopic (exact) mass is 238 g/mol. The smallest absolute Gasteiger partial charge is 0.148 e. The zero-order valence-corrected chi connectivity index (χ0v) is 10.1. The van der Waals surface area contributed by atoms with Crippen molar-refractivity contribution in [2.75, 3.05) is 0 Å². The Morgan fingerprint density at radius 2 is 2.00 bits per heavy atom. The van der Waals surface area contributed by atoms with Crippen LogP contribution in [0.2, 0.25) is 0 Å². The van der Waals surface area contributed by atoms with Crippen molar-refractivity contribution in [1.29, 1.82) is 5.26 Å². The van der Waals surface area contributed by atoms with E-state index in [0.29, 0.717) is 11.3 Å². The fraction of sp³-hybridized carbons (Fsp3) is 0.333. The first-order valence-corrected chi connectivity index (χ1v) is 6.33. The van der Waals surface area contributed by atoms with Crippen LogP contribution in [0.25, 0.3) is 10.9 Å². The fourth-order valence-electron chi connectivity index (χ4n) is 2.50. The van der Waals surface area contributed by atoms with Crippen molar-refractivity contribution in [3.63, 3.8) is 0 Å². The van der Waals surface area contributed by atoms with Crippen LogP contribution < -0.4 is 4.74 Å². The van der Waals surface area contributed by atoms with Crippen LogP contribution >= 0.6 is 0 Å². The van der Waals surface area contributed by atoms with Crippen molar-refractivity contribution in [2.24, 2.45) is 0 Å². The molecular weight excluding hydrogens is 224 g/mol. The van der Waals surface area contributed by atoms with E-state index < -0.39 is 0 Å². The maximum absolute atomic E-state index is 9.18. The van der Waals surface area contributed by atoms with Gasteiger partial charge >= 0.3 is 0 Å². The molecule has 0 N–H and O–H groups in total. The predicted molar refractivity (Wildman–Crippen MR) is 69.3 cm³/mol. The molecule has 0 amide bonds. The van der Waals surface area contributed by atoms with E-state index in [1.54, 1.807) is 6.20 Å². The maximum Gasteiger partial charge on any atom is 0.148 e. The predicted octanol–water partition coefficient (Wildman–Crippen LogP) is 3.43. The second-order valence-corrected chi connectivity index (χ2v) is 4.65. The Kier molecular flexibility index (Phi) is 2.85. The summed E-state index contributed by atoms with van der Waals surface area (Å²) in [6.45, 7) is 0. The van der Waals surface area contributed by atoms with Gasteiger partial charge in [0, 0.05) is 11.6 Å². The van der Waals surface area contributed by atoms with Crippen molar-refractivity contribution in [2.45, 2.75) is 31.8 Å². The Hall–Kier alpha value is -2.08. The van der Waals surface area contributed by atoms with Gasteiger partial charge in [-0.25, -0.2) is 0 Å². The van der Waals surface area contributed by atoms with Gasteiger partial charge in [0.1, 0.15) is 17.4 Å². The van der Waals surface area contributed by atoms with Gasteiger partial charge in [0.15, 0.2) is 0 Å². The van der Waals surface area contributed by atoms with Crippen LogP contribution in [-0.2, 0) is 0 Å². The number of aromatic nitrogens is 1. The number of rotatable bonds is 2. The van der Waals surface area contributed by atoms with Crippen LogP contribution in [0.4, 0.5) is 0 Å². The Morgan fingerprint density at radius 1 is 1.22 bits per heavy atom. The highest BCUT2D eigenvalue weighted by molar-refractivity contribution is 5.87. The molecule has 0 aliphatic heterocycles. The van der Waals surface area contributed by atoms with Crippen LogP contribution in [0.5, 0.6) is 5.75 Å². The molecule has 1 heterocycles. The SMILES string of the molecule is N#Cc1cnc2ccccc2c1OC1CCCC1. The molecule has 2 aromatic rings. The average molecular weight is 238 g/mol. The number of nitriles is 1. The van der Waals surface area contributed by atoms with Gasteiger partial charge in [0.2, 0.25) is 0 Å². The molecule has 0 atom stereocenters. The number of nitrogens with zero attached hydrogens (tertiary/aromatic N) is 2. The Balaban J connectivity index is 2.08. The van der Waals surface area contributed by atoms with Crippen molar-refractivity contribution in [3.05, 3.63) is 36.0 Å². The molecule has 1 aliphatic rings. The number of fused-ring (bicyclic) bond motifs is 1. The first-order valence-electron chi connectivity index (χ1n) is 6.33. The van der Waals surface area contributed by atoms with Crippen molar-refractivity contribution in [1.82, 2.24) is 4.98 Å². The third-order valence-corrected chi connectivity index (χ3v) is 3.43. The van der Waals surface area contributed by atoms with Gasteiger partial charge in [-0.2, -0.15) is 5.26 Å². The molecule has 0 spiro atoms. The van der Waals surface area contributed by atoms with Gasteiger partial charge in [-0.05, 0) is 37.8 Å². The van der Waals surface area contributed by atoms with E-state index in [0.717, 1.165) is 23.7 Å². The molecule has 0 unspecified atom stereocenters. The van der Waals surface area contributed by atoms with Crippen LogP contribution in [0.3, 0.4) is 0 Å². The van der Waals surface area contributed by atoms with Gasteiger partial charge in [-0.1, -0.05) is 12.1 Å². The first-order chi connectivity index (χ1) is 8.88. The summed E-state index contributed by atoms with van der Waals surface area (Å²) in [6, 6.07) is 9.98. The van der Waals surface area contributed by atoms with E-state index in [9.17, 15) is 5.26 Å².